The molecule has 0 spiro atoms. The fourth-order valence-corrected chi connectivity index (χ4v) is 5.20. The Balaban J connectivity index is 1.22. The number of hydrogen-bond acceptors (Lipinski definition) is 6. The number of carbonyl (C=O) groups excluding carboxylic acids is 2. The number of fused-ring (bicyclic) bond motifs is 2. The summed E-state index contributed by atoms with van der Waals surface area (Å²) < 4.78 is 1.16. The molecular formula is C28H23N5O2S. The summed E-state index contributed by atoms with van der Waals surface area (Å²) in [6, 6.07) is 22.1. The highest BCUT2D eigenvalue weighted by molar-refractivity contribution is 7.16. The van der Waals surface area contributed by atoms with Crippen molar-refractivity contribution in [1.29, 1.82) is 0 Å². The minimum absolute atomic E-state index is 0.00108. The van der Waals surface area contributed by atoms with E-state index in [1.807, 2.05) is 42.0 Å². The van der Waals surface area contributed by atoms with E-state index in [-0.39, 0.29) is 5.91 Å². The number of carbonyl (C=O) groups is 2. The van der Waals surface area contributed by atoms with Gasteiger partial charge in [-0.25, -0.2) is 4.98 Å². The zero-order valence-corrected chi connectivity index (χ0v) is 20.2. The molecule has 1 aliphatic heterocycles. The number of pyridine rings is 1. The molecule has 1 fully saturated rings. The SMILES string of the molecule is O=CN1CCN(C(=O)c2ccc(-c3ccc4c(Nc5ccc6scnc6c5)ccnc4c3)cc2)CC1. The first kappa shape index (κ1) is 22.2. The Labute approximate surface area is 212 Å². The highest BCUT2D eigenvalue weighted by Gasteiger charge is 2.21. The van der Waals surface area contributed by atoms with Crippen molar-refractivity contribution in [3.8, 4) is 11.1 Å². The van der Waals surface area contributed by atoms with Gasteiger partial charge < -0.3 is 15.1 Å². The van der Waals surface area contributed by atoms with Gasteiger partial charge in [-0.15, -0.1) is 11.3 Å². The van der Waals surface area contributed by atoms with Gasteiger partial charge in [-0.2, -0.15) is 0 Å². The predicted molar refractivity (Wildman–Crippen MR) is 144 cm³/mol. The van der Waals surface area contributed by atoms with Crippen molar-refractivity contribution in [3.05, 3.63) is 84.0 Å². The molecule has 3 heterocycles. The molecule has 2 aromatic heterocycles. The summed E-state index contributed by atoms with van der Waals surface area (Å²) in [4.78, 5) is 36.3. The van der Waals surface area contributed by atoms with Crippen LogP contribution in [0.4, 0.5) is 11.4 Å². The van der Waals surface area contributed by atoms with Crippen LogP contribution in [-0.4, -0.2) is 58.3 Å². The maximum atomic E-state index is 12.9. The summed E-state index contributed by atoms with van der Waals surface area (Å²) in [5, 5.41) is 4.53. The number of nitrogens with zero attached hydrogens (tertiary/aromatic N) is 4. The molecule has 0 atom stereocenters. The third-order valence-corrected chi connectivity index (χ3v) is 7.38. The lowest BCUT2D eigenvalue weighted by molar-refractivity contribution is -0.119. The topological polar surface area (TPSA) is 78.4 Å². The summed E-state index contributed by atoms with van der Waals surface area (Å²) in [5.41, 5.74) is 8.41. The fourth-order valence-electron chi connectivity index (χ4n) is 4.55. The first-order valence-corrected chi connectivity index (χ1v) is 12.6. The van der Waals surface area contributed by atoms with Gasteiger partial charge in [0.25, 0.3) is 5.91 Å². The van der Waals surface area contributed by atoms with Gasteiger partial charge >= 0.3 is 0 Å². The van der Waals surface area contributed by atoms with Crippen molar-refractivity contribution < 1.29 is 9.59 Å². The molecule has 1 aliphatic rings. The first-order chi connectivity index (χ1) is 17.7. The van der Waals surface area contributed by atoms with Crippen molar-refractivity contribution in [2.75, 3.05) is 31.5 Å². The van der Waals surface area contributed by atoms with E-state index in [0.717, 1.165) is 50.0 Å². The second-order valence-corrected chi connectivity index (χ2v) is 9.65. The largest absolute Gasteiger partial charge is 0.355 e. The quantitative estimate of drug-likeness (QED) is 0.342. The number of piperazine rings is 1. The number of anilines is 2. The number of thiazole rings is 1. The van der Waals surface area contributed by atoms with Crippen molar-refractivity contribution in [1.82, 2.24) is 19.8 Å². The first-order valence-electron chi connectivity index (χ1n) is 11.8. The van der Waals surface area contributed by atoms with Crippen molar-refractivity contribution >= 4 is 56.1 Å². The van der Waals surface area contributed by atoms with Crippen LogP contribution < -0.4 is 5.32 Å². The molecule has 178 valence electrons. The Hall–Kier alpha value is -4.30. The van der Waals surface area contributed by atoms with E-state index < -0.39 is 0 Å². The van der Waals surface area contributed by atoms with Crippen LogP contribution in [0.1, 0.15) is 10.4 Å². The molecule has 0 bridgehead atoms. The summed E-state index contributed by atoms with van der Waals surface area (Å²) in [6.07, 6.45) is 2.65. The molecule has 6 rings (SSSR count). The second kappa shape index (κ2) is 9.39. The lowest BCUT2D eigenvalue weighted by atomic mass is 10.0. The van der Waals surface area contributed by atoms with Crippen LogP contribution in [0.2, 0.25) is 0 Å². The van der Waals surface area contributed by atoms with Crippen LogP contribution in [-0.2, 0) is 4.79 Å². The van der Waals surface area contributed by atoms with E-state index >= 15 is 0 Å². The summed E-state index contributed by atoms with van der Waals surface area (Å²) in [5.74, 6) is -0.00108. The standard InChI is InChI=1S/C28H23N5O2S/c34-18-32-11-13-33(14-12-32)28(35)20-3-1-19(2-4-20)21-5-7-23-24(9-10-29-25(23)15-21)31-22-6-8-27-26(16-22)30-17-36-27/h1-10,15-18H,11-14H2,(H,29,31). The molecule has 1 N–H and O–H groups in total. The van der Waals surface area contributed by atoms with Gasteiger partial charge in [0.05, 0.1) is 21.2 Å². The molecule has 2 amide bonds. The fraction of sp³-hybridized carbons (Fsp3) is 0.143. The summed E-state index contributed by atoms with van der Waals surface area (Å²) in [6.45, 7) is 2.27. The molecule has 3 aromatic carbocycles. The van der Waals surface area contributed by atoms with E-state index in [4.69, 9.17) is 0 Å². The van der Waals surface area contributed by atoms with Crippen molar-refractivity contribution in [2.24, 2.45) is 0 Å². The summed E-state index contributed by atoms with van der Waals surface area (Å²) in [7, 11) is 0. The Bertz CT molecular complexity index is 1570. The molecule has 0 radical (unpaired) electrons. The highest BCUT2D eigenvalue weighted by atomic mass is 32.1. The van der Waals surface area contributed by atoms with Gasteiger partial charge in [-0.05, 0) is 53.6 Å². The van der Waals surface area contributed by atoms with E-state index in [1.165, 1.54) is 0 Å². The molecule has 36 heavy (non-hydrogen) atoms. The third-order valence-electron chi connectivity index (χ3n) is 6.57. The van der Waals surface area contributed by atoms with Gasteiger partial charge in [-0.1, -0.05) is 24.3 Å². The normalized spacial score (nSPS) is 13.8. The lowest BCUT2D eigenvalue weighted by Gasteiger charge is -2.32. The lowest BCUT2D eigenvalue weighted by Crippen LogP contribution is -2.48. The monoisotopic (exact) mass is 493 g/mol. The van der Waals surface area contributed by atoms with E-state index in [9.17, 15) is 9.59 Å². The Morgan fingerprint density at radius 1 is 0.861 bits per heavy atom. The average molecular weight is 494 g/mol. The van der Waals surface area contributed by atoms with E-state index in [2.05, 4.69) is 51.7 Å². The number of benzene rings is 3. The minimum Gasteiger partial charge on any atom is -0.355 e. The molecule has 7 nitrogen and oxygen atoms in total. The molecule has 0 aliphatic carbocycles. The summed E-state index contributed by atoms with van der Waals surface area (Å²) >= 11 is 1.63. The molecule has 0 unspecified atom stereocenters. The van der Waals surface area contributed by atoms with Crippen LogP contribution >= 0.6 is 11.3 Å². The van der Waals surface area contributed by atoms with Gasteiger partial charge in [0, 0.05) is 54.7 Å². The van der Waals surface area contributed by atoms with Gasteiger partial charge in [0.2, 0.25) is 6.41 Å². The average Bonchev–Trinajstić information content (AvgIpc) is 3.41. The highest BCUT2D eigenvalue weighted by Crippen LogP contribution is 2.31. The van der Waals surface area contributed by atoms with Gasteiger partial charge in [0.15, 0.2) is 0 Å². The van der Waals surface area contributed by atoms with Crippen LogP contribution in [0.15, 0.2) is 78.4 Å². The van der Waals surface area contributed by atoms with Crippen LogP contribution in [0.5, 0.6) is 0 Å². The molecule has 0 saturated carbocycles. The maximum Gasteiger partial charge on any atom is 0.253 e. The number of nitrogens with one attached hydrogen (secondary N) is 1. The Morgan fingerprint density at radius 2 is 1.67 bits per heavy atom. The van der Waals surface area contributed by atoms with Crippen LogP contribution in [0, 0.1) is 0 Å². The second-order valence-electron chi connectivity index (χ2n) is 8.76. The van der Waals surface area contributed by atoms with Gasteiger partial charge in [0.1, 0.15) is 0 Å². The molecule has 1 saturated heterocycles. The maximum absolute atomic E-state index is 12.9. The Morgan fingerprint density at radius 3 is 2.47 bits per heavy atom. The van der Waals surface area contributed by atoms with E-state index in [0.29, 0.717) is 31.7 Å². The predicted octanol–water partition coefficient (Wildman–Crippen LogP) is 5.17. The van der Waals surface area contributed by atoms with Crippen molar-refractivity contribution in [2.45, 2.75) is 0 Å². The number of aromatic nitrogens is 2. The molecular weight excluding hydrogens is 470 g/mol. The van der Waals surface area contributed by atoms with Crippen LogP contribution in [0.3, 0.4) is 0 Å². The Kier molecular flexibility index (Phi) is 5.79. The number of hydrogen-bond donors (Lipinski definition) is 1. The smallest absolute Gasteiger partial charge is 0.253 e. The zero-order chi connectivity index (χ0) is 24.5. The number of amides is 2. The minimum atomic E-state index is -0.00108. The number of rotatable bonds is 5. The molecule has 8 heteroatoms. The van der Waals surface area contributed by atoms with Gasteiger partial charge in [-0.3, -0.25) is 14.6 Å². The molecule has 5 aromatic rings. The van der Waals surface area contributed by atoms with E-state index in [1.54, 1.807) is 21.1 Å². The van der Waals surface area contributed by atoms with Crippen LogP contribution in [0.25, 0.3) is 32.2 Å². The third kappa shape index (κ3) is 4.27. The zero-order valence-electron chi connectivity index (χ0n) is 19.4. The van der Waals surface area contributed by atoms with Crippen molar-refractivity contribution in [3.63, 3.8) is 0 Å².